The highest BCUT2D eigenvalue weighted by molar-refractivity contribution is 5.97. The fraction of sp³-hybridized carbons (Fsp3) is 0.500. The predicted molar refractivity (Wildman–Crippen MR) is 74.2 cm³/mol. The van der Waals surface area contributed by atoms with Crippen LogP contribution in [0.3, 0.4) is 0 Å². The zero-order valence-electron chi connectivity index (χ0n) is 10.8. The normalized spacial score (nSPS) is 21.7. The summed E-state index contributed by atoms with van der Waals surface area (Å²) >= 11 is 0. The second-order valence-electron chi connectivity index (χ2n) is 4.92. The lowest BCUT2D eigenvalue weighted by Gasteiger charge is -2.29. The molecule has 0 aromatic heterocycles. The van der Waals surface area contributed by atoms with E-state index in [-0.39, 0.29) is 5.84 Å². The second-order valence-corrected chi connectivity index (χ2v) is 4.92. The highest BCUT2D eigenvalue weighted by atomic mass is 16.4. The first-order valence-corrected chi connectivity index (χ1v) is 6.57. The van der Waals surface area contributed by atoms with Crippen molar-refractivity contribution in [2.45, 2.75) is 38.6 Å². The van der Waals surface area contributed by atoms with E-state index in [1.54, 1.807) is 0 Å². The number of hydrogen-bond donors (Lipinski definition) is 2. The fourth-order valence-corrected chi connectivity index (χ4v) is 2.54. The van der Waals surface area contributed by atoms with Gasteiger partial charge in [0.2, 0.25) is 0 Å². The van der Waals surface area contributed by atoms with E-state index in [1.165, 1.54) is 31.4 Å². The van der Waals surface area contributed by atoms with Gasteiger partial charge in [0.25, 0.3) is 0 Å². The Morgan fingerprint density at radius 3 is 2.67 bits per heavy atom. The molecule has 1 aromatic rings. The smallest absolute Gasteiger partial charge is 0.170 e. The molecule has 0 saturated carbocycles. The van der Waals surface area contributed by atoms with E-state index in [0.717, 1.165) is 12.1 Å². The number of amidine groups is 1. The Bertz CT molecular complexity index is 414. The van der Waals surface area contributed by atoms with Crippen LogP contribution in [-0.4, -0.2) is 23.6 Å². The van der Waals surface area contributed by atoms with Crippen LogP contribution in [0.25, 0.3) is 0 Å². The summed E-state index contributed by atoms with van der Waals surface area (Å²) in [5, 5.41) is 11.6. The van der Waals surface area contributed by atoms with Crippen molar-refractivity contribution in [3.8, 4) is 0 Å². The van der Waals surface area contributed by atoms with Gasteiger partial charge in [0.1, 0.15) is 0 Å². The Labute approximate surface area is 108 Å². The maximum absolute atomic E-state index is 8.64. The minimum absolute atomic E-state index is 0.158. The van der Waals surface area contributed by atoms with Gasteiger partial charge in [-0.05, 0) is 44.0 Å². The van der Waals surface area contributed by atoms with Gasteiger partial charge >= 0.3 is 0 Å². The largest absolute Gasteiger partial charge is 0.409 e. The maximum Gasteiger partial charge on any atom is 0.170 e. The average Bonchev–Trinajstić information content (AvgIpc) is 2.63. The summed E-state index contributed by atoms with van der Waals surface area (Å²) < 4.78 is 0. The van der Waals surface area contributed by atoms with Crippen molar-refractivity contribution in [1.82, 2.24) is 0 Å². The number of nitrogens with zero attached hydrogens (tertiary/aromatic N) is 2. The Morgan fingerprint density at radius 1 is 1.28 bits per heavy atom. The summed E-state index contributed by atoms with van der Waals surface area (Å²) in [5.41, 5.74) is 7.54. The molecule has 18 heavy (non-hydrogen) atoms. The molecule has 1 aromatic carbocycles. The van der Waals surface area contributed by atoms with Gasteiger partial charge in [-0.25, -0.2) is 0 Å². The van der Waals surface area contributed by atoms with Gasteiger partial charge in [0, 0.05) is 23.8 Å². The van der Waals surface area contributed by atoms with Crippen LogP contribution in [-0.2, 0) is 0 Å². The van der Waals surface area contributed by atoms with E-state index in [2.05, 4.69) is 29.1 Å². The molecule has 1 atom stereocenters. The van der Waals surface area contributed by atoms with E-state index in [1.807, 2.05) is 12.1 Å². The van der Waals surface area contributed by atoms with Gasteiger partial charge < -0.3 is 15.8 Å². The van der Waals surface area contributed by atoms with Gasteiger partial charge in [-0.15, -0.1) is 0 Å². The zero-order chi connectivity index (χ0) is 13.0. The third-order valence-corrected chi connectivity index (χ3v) is 3.66. The number of rotatable bonds is 2. The molecule has 2 rings (SSSR count). The van der Waals surface area contributed by atoms with Gasteiger partial charge in [0.05, 0.1) is 0 Å². The Morgan fingerprint density at radius 2 is 2.00 bits per heavy atom. The van der Waals surface area contributed by atoms with E-state index in [9.17, 15) is 0 Å². The van der Waals surface area contributed by atoms with Crippen LogP contribution < -0.4 is 10.6 Å². The highest BCUT2D eigenvalue weighted by Crippen LogP contribution is 2.24. The molecule has 1 heterocycles. The van der Waals surface area contributed by atoms with Crippen molar-refractivity contribution in [1.29, 1.82) is 0 Å². The fourth-order valence-electron chi connectivity index (χ4n) is 2.54. The molecule has 1 fully saturated rings. The van der Waals surface area contributed by atoms with Crippen molar-refractivity contribution in [3.05, 3.63) is 29.8 Å². The van der Waals surface area contributed by atoms with Crippen molar-refractivity contribution < 1.29 is 5.21 Å². The van der Waals surface area contributed by atoms with Crippen molar-refractivity contribution >= 4 is 11.5 Å². The molecular formula is C14H21N3O. The second kappa shape index (κ2) is 5.76. The van der Waals surface area contributed by atoms with Crippen LogP contribution in [0.1, 0.15) is 38.2 Å². The molecule has 0 aliphatic carbocycles. The van der Waals surface area contributed by atoms with Crippen LogP contribution in [0.4, 0.5) is 5.69 Å². The van der Waals surface area contributed by atoms with E-state index in [0.29, 0.717) is 6.04 Å². The molecule has 3 N–H and O–H groups in total. The number of benzene rings is 1. The van der Waals surface area contributed by atoms with E-state index < -0.39 is 0 Å². The molecule has 4 nitrogen and oxygen atoms in total. The van der Waals surface area contributed by atoms with Gasteiger partial charge in [-0.3, -0.25) is 0 Å². The third kappa shape index (κ3) is 2.75. The molecule has 0 bridgehead atoms. The van der Waals surface area contributed by atoms with Gasteiger partial charge in [-0.2, -0.15) is 0 Å². The molecule has 4 heteroatoms. The van der Waals surface area contributed by atoms with Gasteiger partial charge in [-0.1, -0.05) is 18.0 Å². The first-order valence-electron chi connectivity index (χ1n) is 6.57. The monoisotopic (exact) mass is 247 g/mol. The van der Waals surface area contributed by atoms with Crippen molar-refractivity contribution in [2.24, 2.45) is 10.9 Å². The molecule has 0 spiro atoms. The highest BCUT2D eigenvalue weighted by Gasteiger charge is 2.17. The van der Waals surface area contributed by atoms with Crippen molar-refractivity contribution in [2.75, 3.05) is 11.4 Å². The van der Waals surface area contributed by atoms with Crippen LogP contribution in [0.2, 0.25) is 0 Å². The summed E-state index contributed by atoms with van der Waals surface area (Å²) in [6.07, 6.45) is 5.15. The summed E-state index contributed by atoms with van der Waals surface area (Å²) in [7, 11) is 0. The molecule has 0 radical (unpaired) electrons. The summed E-state index contributed by atoms with van der Waals surface area (Å²) in [4.78, 5) is 2.45. The molecular weight excluding hydrogens is 226 g/mol. The molecule has 0 amide bonds. The van der Waals surface area contributed by atoms with Crippen molar-refractivity contribution in [3.63, 3.8) is 0 Å². The SMILES string of the molecule is CC1CCCCCN1c1ccc(C(N)=NO)cc1. The summed E-state index contributed by atoms with van der Waals surface area (Å²) in [6, 6.07) is 8.50. The minimum atomic E-state index is 0.158. The summed E-state index contributed by atoms with van der Waals surface area (Å²) in [6.45, 7) is 3.40. The molecule has 98 valence electrons. The first kappa shape index (κ1) is 12.7. The van der Waals surface area contributed by atoms with Crippen LogP contribution in [0, 0.1) is 0 Å². The van der Waals surface area contributed by atoms with Crippen LogP contribution in [0.15, 0.2) is 29.4 Å². The molecule has 1 saturated heterocycles. The number of hydrogen-bond acceptors (Lipinski definition) is 3. The standard InChI is InChI=1S/C14H21N3O/c1-11-5-3-2-4-10-17(11)13-8-6-12(7-9-13)14(15)16-18/h6-9,11,18H,2-5,10H2,1H3,(H2,15,16). The number of oxime groups is 1. The van der Waals surface area contributed by atoms with Crippen LogP contribution >= 0.6 is 0 Å². The van der Waals surface area contributed by atoms with Crippen LogP contribution in [0.5, 0.6) is 0 Å². The lowest BCUT2D eigenvalue weighted by Crippen LogP contribution is -2.32. The predicted octanol–water partition coefficient (Wildman–Crippen LogP) is 2.55. The lowest BCUT2D eigenvalue weighted by molar-refractivity contribution is 0.318. The zero-order valence-corrected chi connectivity index (χ0v) is 10.8. The molecule has 1 aliphatic rings. The van der Waals surface area contributed by atoms with E-state index >= 15 is 0 Å². The Kier molecular flexibility index (Phi) is 4.07. The Balaban J connectivity index is 2.17. The van der Waals surface area contributed by atoms with E-state index in [4.69, 9.17) is 10.9 Å². The topological polar surface area (TPSA) is 61.8 Å². The summed E-state index contributed by atoms with van der Waals surface area (Å²) in [5.74, 6) is 0.158. The molecule has 1 aliphatic heterocycles. The average molecular weight is 247 g/mol. The first-order chi connectivity index (χ1) is 8.72. The third-order valence-electron chi connectivity index (χ3n) is 3.66. The maximum atomic E-state index is 8.64. The quantitative estimate of drug-likeness (QED) is 0.365. The molecule has 1 unspecified atom stereocenters. The minimum Gasteiger partial charge on any atom is -0.409 e. The number of anilines is 1. The Hall–Kier alpha value is -1.71. The van der Waals surface area contributed by atoms with Gasteiger partial charge in [0.15, 0.2) is 5.84 Å². The lowest BCUT2D eigenvalue weighted by atomic mass is 10.1. The number of nitrogens with two attached hydrogens (primary N) is 1.